The van der Waals surface area contributed by atoms with Crippen molar-refractivity contribution in [3.63, 3.8) is 0 Å². The Kier molecular flexibility index (Phi) is 3.15. The van der Waals surface area contributed by atoms with Gasteiger partial charge in [0.1, 0.15) is 5.75 Å². The summed E-state index contributed by atoms with van der Waals surface area (Å²) in [7, 11) is 0. The second-order valence-electron chi connectivity index (χ2n) is 5.80. The predicted molar refractivity (Wildman–Crippen MR) is 85.3 cm³/mol. The van der Waals surface area contributed by atoms with Crippen molar-refractivity contribution in [2.24, 2.45) is 5.92 Å². The fraction of sp³-hybridized carbons (Fsp3) is 0.222. The second kappa shape index (κ2) is 5.30. The van der Waals surface area contributed by atoms with E-state index >= 15 is 0 Å². The molecule has 1 aliphatic carbocycles. The molecule has 0 radical (unpaired) electrons. The number of hydrogen-bond donors (Lipinski definition) is 1. The molecular weight excluding hydrogens is 274 g/mol. The molecule has 1 aromatic heterocycles. The first-order valence-corrected chi connectivity index (χ1v) is 7.59. The minimum atomic E-state index is 0.264. The highest BCUT2D eigenvalue weighted by atomic mass is 16.3. The van der Waals surface area contributed by atoms with Gasteiger partial charge in [-0.3, -0.25) is 0 Å². The minimum Gasteiger partial charge on any atom is -0.508 e. The van der Waals surface area contributed by atoms with Gasteiger partial charge in [-0.05, 0) is 43.0 Å². The van der Waals surface area contributed by atoms with Crippen molar-refractivity contribution in [3.05, 3.63) is 54.6 Å². The average molecular weight is 291 g/mol. The van der Waals surface area contributed by atoms with E-state index in [2.05, 4.69) is 0 Å². The smallest absolute Gasteiger partial charge is 0.181 e. The molecule has 0 amide bonds. The number of phenols is 1. The first-order chi connectivity index (χ1) is 10.8. The van der Waals surface area contributed by atoms with Gasteiger partial charge in [0.25, 0.3) is 0 Å². The fourth-order valence-electron chi connectivity index (χ4n) is 2.55. The summed E-state index contributed by atoms with van der Waals surface area (Å²) in [5.74, 6) is 2.61. The van der Waals surface area contributed by atoms with Crippen LogP contribution in [0, 0.1) is 5.92 Å². The standard InChI is InChI=1S/C18H17N3O/c22-16-10-8-15(9-11-16)18-19-17(14-4-2-1-3-5-14)20-21(18)12-13-6-7-13/h1-5,8-11,13,22H,6-7,12H2. The van der Waals surface area contributed by atoms with Gasteiger partial charge in [-0.25, -0.2) is 9.67 Å². The molecule has 1 heterocycles. The van der Waals surface area contributed by atoms with Gasteiger partial charge >= 0.3 is 0 Å². The summed E-state index contributed by atoms with van der Waals surface area (Å²) in [5, 5.41) is 14.2. The Labute approximate surface area is 129 Å². The maximum absolute atomic E-state index is 9.47. The summed E-state index contributed by atoms with van der Waals surface area (Å²) in [6.07, 6.45) is 2.55. The zero-order chi connectivity index (χ0) is 14.9. The van der Waals surface area contributed by atoms with E-state index in [0.29, 0.717) is 0 Å². The van der Waals surface area contributed by atoms with Gasteiger partial charge in [-0.15, -0.1) is 0 Å². The number of aromatic nitrogens is 3. The average Bonchev–Trinajstić information content (AvgIpc) is 3.27. The molecule has 22 heavy (non-hydrogen) atoms. The van der Waals surface area contributed by atoms with Crippen molar-refractivity contribution in [2.45, 2.75) is 19.4 Å². The van der Waals surface area contributed by atoms with Gasteiger partial charge in [-0.1, -0.05) is 30.3 Å². The largest absolute Gasteiger partial charge is 0.508 e. The molecule has 1 fully saturated rings. The van der Waals surface area contributed by atoms with Crippen LogP contribution in [-0.4, -0.2) is 19.9 Å². The Morgan fingerprint density at radius 3 is 2.36 bits per heavy atom. The number of benzene rings is 2. The van der Waals surface area contributed by atoms with Crippen molar-refractivity contribution >= 4 is 0 Å². The van der Waals surface area contributed by atoms with Crippen molar-refractivity contribution in [2.75, 3.05) is 0 Å². The van der Waals surface area contributed by atoms with E-state index in [-0.39, 0.29) is 5.75 Å². The molecule has 110 valence electrons. The summed E-state index contributed by atoms with van der Waals surface area (Å²) in [6.45, 7) is 0.913. The third-order valence-corrected chi connectivity index (χ3v) is 3.96. The highest BCUT2D eigenvalue weighted by molar-refractivity contribution is 5.62. The molecule has 0 spiro atoms. The van der Waals surface area contributed by atoms with Crippen molar-refractivity contribution < 1.29 is 5.11 Å². The number of hydrogen-bond acceptors (Lipinski definition) is 3. The molecule has 4 rings (SSSR count). The van der Waals surface area contributed by atoms with Crippen molar-refractivity contribution in [3.8, 4) is 28.5 Å². The van der Waals surface area contributed by atoms with Crippen LogP contribution in [0.3, 0.4) is 0 Å². The number of nitrogens with zero attached hydrogens (tertiary/aromatic N) is 3. The summed E-state index contributed by atoms with van der Waals surface area (Å²) in [6, 6.07) is 17.2. The number of aromatic hydroxyl groups is 1. The van der Waals surface area contributed by atoms with E-state index < -0.39 is 0 Å². The monoisotopic (exact) mass is 291 g/mol. The SMILES string of the molecule is Oc1ccc(-c2nc(-c3ccccc3)nn2CC2CC2)cc1. The molecule has 3 aromatic rings. The van der Waals surface area contributed by atoms with Gasteiger partial charge in [-0.2, -0.15) is 5.10 Å². The minimum absolute atomic E-state index is 0.264. The molecule has 1 N–H and O–H groups in total. The molecule has 1 aliphatic rings. The van der Waals surface area contributed by atoms with Crippen molar-refractivity contribution in [1.29, 1.82) is 0 Å². The molecule has 1 saturated carbocycles. The van der Waals surface area contributed by atoms with Crippen LogP contribution in [0.1, 0.15) is 12.8 Å². The molecule has 4 nitrogen and oxygen atoms in total. The van der Waals surface area contributed by atoms with Crippen LogP contribution >= 0.6 is 0 Å². The van der Waals surface area contributed by atoms with Crippen LogP contribution < -0.4 is 0 Å². The zero-order valence-corrected chi connectivity index (χ0v) is 12.2. The summed E-state index contributed by atoms with van der Waals surface area (Å²) < 4.78 is 2.01. The zero-order valence-electron chi connectivity index (χ0n) is 12.2. The van der Waals surface area contributed by atoms with Crippen molar-refractivity contribution in [1.82, 2.24) is 14.8 Å². The lowest BCUT2D eigenvalue weighted by Crippen LogP contribution is -2.04. The van der Waals surface area contributed by atoms with Crippen LogP contribution in [-0.2, 0) is 6.54 Å². The summed E-state index contributed by atoms with van der Waals surface area (Å²) in [5.41, 5.74) is 2.00. The van der Waals surface area contributed by atoms with E-state index in [4.69, 9.17) is 10.1 Å². The highest BCUT2D eigenvalue weighted by Crippen LogP contribution is 2.33. The van der Waals surface area contributed by atoms with E-state index in [9.17, 15) is 5.11 Å². The first kappa shape index (κ1) is 13.1. The molecule has 0 atom stereocenters. The quantitative estimate of drug-likeness (QED) is 0.797. The third-order valence-electron chi connectivity index (χ3n) is 3.96. The summed E-state index contributed by atoms with van der Waals surface area (Å²) in [4.78, 5) is 4.73. The van der Waals surface area contributed by atoms with Gasteiger partial charge in [0, 0.05) is 17.7 Å². The van der Waals surface area contributed by atoms with E-state index in [0.717, 1.165) is 35.2 Å². The Hall–Kier alpha value is -2.62. The second-order valence-corrected chi connectivity index (χ2v) is 5.80. The molecule has 0 bridgehead atoms. The van der Waals surface area contributed by atoms with Crippen LogP contribution in [0.5, 0.6) is 5.75 Å². The number of phenolic OH excluding ortho intramolecular Hbond substituents is 1. The van der Waals surface area contributed by atoms with Gasteiger partial charge < -0.3 is 5.11 Å². The number of rotatable bonds is 4. The Balaban J connectivity index is 1.77. The lowest BCUT2D eigenvalue weighted by molar-refractivity contribution is 0.475. The normalized spacial score (nSPS) is 14.2. The highest BCUT2D eigenvalue weighted by Gasteiger charge is 2.24. The molecule has 2 aromatic carbocycles. The topological polar surface area (TPSA) is 50.9 Å². The molecule has 0 saturated heterocycles. The lowest BCUT2D eigenvalue weighted by atomic mass is 10.2. The molecule has 4 heteroatoms. The first-order valence-electron chi connectivity index (χ1n) is 7.59. The maximum atomic E-state index is 9.47. The third kappa shape index (κ3) is 2.60. The van der Waals surface area contributed by atoms with E-state index in [1.807, 2.05) is 47.1 Å². The summed E-state index contributed by atoms with van der Waals surface area (Å²) >= 11 is 0. The van der Waals surface area contributed by atoms with Crippen LogP contribution in [0.4, 0.5) is 0 Å². The van der Waals surface area contributed by atoms with Gasteiger partial charge in [0.15, 0.2) is 11.6 Å². The van der Waals surface area contributed by atoms with Gasteiger partial charge in [0.2, 0.25) is 0 Å². The van der Waals surface area contributed by atoms with E-state index in [1.165, 1.54) is 12.8 Å². The van der Waals surface area contributed by atoms with Crippen LogP contribution in [0.25, 0.3) is 22.8 Å². The lowest BCUT2D eigenvalue weighted by Gasteiger charge is -2.04. The maximum Gasteiger partial charge on any atom is 0.181 e. The molecule has 0 aliphatic heterocycles. The van der Waals surface area contributed by atoms with Crippen LogP contribution in [0.15, 0.2) is 54.6 Å². The Morgan fingerprint density at radius 1 is 0.955 bits per heavy atom. The Bertz CT molecular complexity index is 774. The van der Waals surface area contributed by atoms with E-state index in [1.54, 1.807) is 12.1 Å². The van der Waals surface area contributed by atoms with Crippen LogP contribution in [0.2, 0.25) is 0 Å². The molecule has 0 unspecified atom stereocenters. The molecular formula is C18H17N3O. The van der Waals surface area contributed by atoms with Gasteiger partial charge in [0.05, 0.1) is 0 Å². The fourth-order valence-corrected chi connectivity index (χ4v) is 2.55. The predicted octanol–water partition coefficient (Wildman–Crippen LogP) is 3.73. The Morgan fingerprint density at radius 2 is 1.68 bits per heavy atom.